The van der Waals surface area contributed by atoms with Crippen molar-refractivity contribution < 1.29 is 14.9 Å². The van der Waals surface area contributed by atoms with Crippen molar-refractivity contribution >= 4 is 0 Å². The monoisotopic (exact) mass is 364 g/mol. The molecule has 5 nitrogen and oxygen atoms in total. The minimum absolute atomic E-state index is 0.110. The standard InChI is InChI=1S/C22H24N2O3/c1-3-8-17-13-18(14-19(27-2)22(17)26)21-20(16-9-5-4-6-10-16)23-15-24(21)11-7-12-25/h3-6,9-10,13-15,25-26H,1,7-8,11-12H2,2H3. The van der Waals surface area contributed by atoms with Gasteiger partial charge in [-0.1, -0.05) is 36.4 Å². The van der Waals surface area contributed by atoms with Crippen LogP contribution in [0.25, 0.3) is 22.5 Å². The predicted molar refractivity (Wildman–Crippen MR) is 107 cm³/mol. The van der Waals surface area contributed by atoms with E-state index in [1.54, 1.807) is 12.4 Å². The van der Waals surface area contributed by atoms with Gasteiger partial charge in [0.1, 0.15) is 0 Å². The van der Waals surface area contributed by atoms with Crippen molar-refractivity contribution in [3.05, 3.63) is 67.0 Å². The molecule has 27 heavy (non-hydrogen) atoms. The molecule has 0 unspecified atom stereocenters. The maximum atomic E-state index is 10.4. The third-order valence-electron chi connectivity index (χ3n) is 4.45. The average Bonchev–Trinajstić information content (AvgIpc) is 3.12. The Balaban J connectivity index is 2.21. The fraction of sp³-hybridized carbons (Fsp3) is 0.227. The highest BCUT2D eigenvalue weighted by molar-refractivity contribution is 5.80. The summed E-state index contributed by atoms with van der Waals surface area (Å²) in [6.45, 7) is 4.53. The van der Waals surface area contributed by atoms with Crippen LogP contribution in [0.5, 0.6) is 11.5 Å². The zero-order chi connectivity index (χ0) is 19.2. The summed E-state index contributed by atoms with van der Waals surface area (Å²) in [6.07, 6.45) is 4.70. The molecule has 2 N–H and O–H groups in total. The first-order valence-electron chi connectivity index (χ1n) is 8.92. The maximum absolute atomic E-state index is 10.4. The van der Waals surface area contributed by atoms with Crippen molar-refractivity contribution in [2.24, 2.45) is 0 Å². The number of aliphatic hydroxyl groups is 1. The predicted octanol–water partition coefficient (Wildman–Crippen LogP) is 4.04. The van der Waals surface area contributed by atoms with Gasteiger partial charge in [0.25, 0.3) is 0 Å². The third-order valence-corrected chi connectivity index (χ3v) is 4.45. The lowest BCUT2D eigenvalue weighted by Crippen LogP contribution is -2.02. The van der Waals surface area contributed by atoms with E-state index in [2.05, 4.69) is 11.6 Å². The molecule has 0 radical (unpaired) electrons. The third kappa shape index (κ3) is 3.88. The molecule has 0 fully saturated rings. The molecule has 0 saturated heterocycles. The average molecular weight is 364 g/mol. The van der Waals surface area contributed by atoms with E-state index in [1.807, 2.05) is 47.0 Å². The molecule has 0 aliphatic rings. The molecule has 1 heterocycles. The molecule has 140 valence electrons. The van der Waals surface area contributed by atoms with Crippen LogP contribution in [-0.2, 0) is 13.0 Å². The Hall–Kier alpha value is -3.05. The summed E-state index contributed by atoms with van der Waals surface area (Å²) in [6, 6.07) is 13.7. The molecule has 0 aliphatic heterocycles. The molecular weight excluding hydrogens is 340 g/mol. The van der Waals surface area contributed by atoms with Crippen molar-refractivity contribution in [3.8, 4) is 34.0 Å². The number of aryl methyl sites for hydroxylation is 1. The van der Waals surface area contributed by atoms with E-state index in [9.17, 15) is 10.2 Å². The van der Waals surface area contributed by atoms with Crippen molar-refractivity contribution in [3.63, 3.8) is 0 Å². The first kappa shape index (κ1) is 18.7. The molecule has 0 amide bonds. The van der Waals surface area contributed by atoms with Crippen LogP contribution in [0.1, 0.15) is 12.0 Å². The van der Waals surface area contributed by atoms with Crippen LogP contribution in [-0.4, -0.2) is 33.5 Å². The Morgan fingerprint density at radius 2 is 1.96 bits per heavy atom. The molecule has 0 atom stereocenters. The van der Waals surface area contributed by atoms with Gasteiger partial charge >= 0.3 is 0 Å². The minimum atomic E-state index is 0.110. The number of benzene rings is 2. The van der Waals surface area contributed by atoms with Crippen molar-refractivity contribution in [2.75, 3.05) is 13.7 Å². The number of phenols is 1. The molecule has 1 aromatic heterocycles. The Morgan fingerprint density at radius 1 is 1.19 bits per heavy atom. The zero-order valence-electron chi connectivity index (χ0n) is 15.4. The summed E-state index contributed by atoms with van der Waals surface area (Å²) in [7, 11) is 1.54. The Kier molecular flexibility index (Phi) is 5.94. The number of imidazole rings is 1. The molecule has 0 bridgehead atoms. The normalized spacial score (nSPS) is 10.7. The number of aliphatic hydroxyl groups excluding tert-OH is 1. The van der Waals surface area contributed by atoms with E-state index in [-0.39, 0.29) is 12.4 Å². The highest BCUT2D eigenvalue weighted by atomic mass is 16.5. The van der Waals surface area contributed by atoms with E-state index >= 15 is 0 Å². The number of methoxy groups -OCH3 is 1. The van der Waals surface area contributed by atoms with Gasteiger partial charge in [0.15, 0.2) is 11.5 Å². The van der Waals surface area contributed by atoms with E-state index in [1.165, 1.54) is 7.11 Å². The summed E-state index contributed by atoms with van der Waals surface area (Å²) in [4.78, 5) is 4.63. The number of allylic oxidation sites excluding steroid dienone is 1. The van der Waals surface area contributed by atoms with Gasteiger partial charge in [0.2, 0.25) is 0 Å². The molecule has 3 aromatic rings. The van der Waals surface area contributed by atoms with Crippen molar-refractivity contribution in [2.45, 2.75) is 19.4 Å². The summed E-state index contributed by atoms with van der Waals surface area (Å²) in [5, 5.41) is 19.7. The number of aromatic nitrogens is 2. The largest absolute Gasteiger partial charge is 0.504 e. The highest BCUT2D eigenvalue weighted by Gasteiger charge is 2.18. The fourth-order valence-corrected chi connectivity index (χ4v) is 3.17. The number of hydrogen-bond donors (Lipinski definition) is 2. The Bertz CT molecular complexity index is 917. The van der Waals surface area contributed by atoms with Gasteiger partial charge in [-0.15, -0.1) is 6.58 Å². The molecule has 3 rings (SSSR count). The van der Waals surface area contributed by atoms with Crippen LogP contribution in [0.3, 0.4) is 0 Å². The van der Waals surface area contributed by atoms with Gasteiger partial charge < -0.3 is 19.5 Å². The number of phenolic OH excluding ortho intramolecular Hbond substituents is 1. The van der Waals surface area contributed by atoms with Crippen LogP contribution in [0.15, 0.2) is 61.4 Å². The lowest BCUT2D eigenvalue weighted by molar-refractivity contribution is 0.280. The number of hydrogen-bond acceptors (Lipinski definition) is 4. The van der Waals surface area contributed by atoms with Gasteiger partial charge in [-0.3, -0.25) is 0 Å². The summed E-state index contributed by atoms with van der Waals surface area (Å²) in [5.41, 5.74) is 4.43. The summed E-state index contributed by atoms with van der Waals surface area (Å²) in [5.74, 6) is 0.544. The maximum Gasteiger partial charge on any atom is 0.161 e. The van der Waals surface area contributed by atoms with Gasteiger partial charge in [-0.05, 0) is 25.0 Å². The summed E-state index contributed by atoms with van der Waals surface area (Å²) >= 11 is 0. The Morgan fingerprint density at radius 3 is 2.63 bits per heavy atom. The second-order valence-electron chi connectivity index (χ2n) is 6.26. The number of rotatable bonds is 8. The van der Waals surface area contributed by atoms with Gasteiger partial charge in [0, 0.05) is 29.8 Å². The van der Waals surface area contributed by atoms with Crippen LogP contribution < -0.4 is 4.74 Å². The topological polar surface area (TPSA) is 67.5 Å². The number of aromatic hydroxyl groups is 1. The molecular formula is C22H24N2O3. The SMILES string of the molecule is C=CCc1cc(-c2c(-c3ccccc3)ncn2CCCO)cc(OC)c1O. The van der Waals surface area contributed by atoms with Crippen LogP contribution in [0.2, 0.25) is 0 Å². The number of nitrogens with zero attached hydrogens (tertiary/aromatic N) is 2. The van der Waals surface area contributed by atoms with E-state index < -0.39 is 0 Å². The molecule has 0 aliphatic carbocycles. The molecule has 0 saturated carbocycles. The van der Waals surface area contributed by atoms with E-state index in [0.717, 1.165) is 28.1 Å². The minimum Gasteiger partial charge on any atom is -0.504 e. The second kappa shape index (κ2) is 8.56. The first-order valence-corrected chi connectivity index (χ1v) is 8.92. The van der Waals surface area contributed by atoms with Gasteiger partial charge in [0.05, 0.1) is 24.8 Å². The highest BCUT2D eigenvalue weighted by Crippen LogP contribution is 2.39. The van der Waals surface area contributed by atoms with E-state index in [4.69, 9.17) is 4.74 Å². The fourth-order valence-electron chi connectivity index (χ4n) is 3.17. The van der Waals surface area contributed by atoms with Gasteiger partial charge in [-0.2, -0.15) is 0 Å². The van der Waals surface area contributed by atoms with Gasteiger partial charge in [-0.25, -0.2) is 4.98 Å². The summed E-state index contributed by atoms with van der Waals surface area (Å²) < 4.78 is 7.41. The van der Waals surface area contributed by atoms with Crippen LogP contribution in [0.4, 0.5) is 0 Å². The molecule has 2 aromatic carbocycles. The first-order chi connectivity index (χ1) is 13.2. The lowest BCUT2D eigenvalue weighted by Gasteiger charge is -2.15. The second-order valence-corrected chi connectivity index (χ2v) is 6.26. The zero-order valence-corrected chi connectivity index (χ0v) is 15.4. The quantitative estimate of drug-likeness (QED) is 0.592. The Labute approximate surface area is 159 Å². The number of ether oxygens (including phenoxy) is 1. The molecule has 5 heteroatoms. The van der Waals surface area contributed by atoms with Crippen LogP contribution >= 0.6 is 0 Å². The van der Waals surface area contributed by atoms with E-state index in [0.29, 0.717) is 25.1 Å². The lowest BCUT2D eigenvalue weighted by atomic mass is 10.00. The molecule has 0 spiro atoms. The van der Waals surface area contributed by atoms with Crippen molar-refractivity contribution in [1.82, 2.24) is 9.55 Å². The van der Waals surface area contributed by atoms with Crippen LogP contribution in [0, 0.1) is 0 Å². The van der Waals surface area contributed by atoms with Crippen molar-refractivity contribution in [1.29, 1.82) is 0 Å². The smallest absolute Gasteiger partial charge is 0.161 e.